The molecule has 1 saturated heterocycles. The molecule has 0 radical (unpaired) electrons. The average Bonchev–Trinajstić information content (AvgIpc) is 2.90. The quantitative estimate of drug-likeness (QED) is 0.764. The van der Waals surface area contributed by atoms with E-state index in [-0.39, 0.29) is 6.09 Å². The molecule has 17 heavy (non-hydrogen) atoms. The summed E-state index contributed by atoms with van der Waals surface area (Å²) < 4.78 is 5.36. The van der Waals surface area contributed by atoms with Gasteiger partial charge in [0, 0.05) is 19.7 Å². The van der Waals surface area contributed by atoms with Gasteiger partial charge in [-0.1, -0.05) is 0 Å². The molecule has 1 atom stereocenters. The molecular weight excluding hydrogens is 218 g/mol. The third kappa shape index (κ3) is 2.73. The Balaban J connectivity index is 1.82. The van der Waals surface area contributed by atoms with E-state index in [9.17, 15) is 4.79 Å². The van der Waals surface area contributed by atoms with Crippen molar-refractivity contribution in [2.24, 2.45) is 11.3 Å². The van der Waals surface area contributed by atoms with Crippen molar-refractivity contribution in [2.45, 2.75) is 45.6 Å². The average molecular weight is 241 g/mol. The van der Waals surface area contributed by atoms with Crippen LogP contribution in [-0.2, 0) is 4.74 Å². The van der Waals surface area contributed by atoms with E-state index in [0.29, 0.717) is 17.9 Å². The van der Waals surface area contributed by atoms with E-state index in [2.05, 4.69) is 0 Å². The van der Waals surface area contributed by atoms with Gasteiger partial charge >= 0.3 is 6.09 Å². The second kappa shape index (κ2) is 4.16. The first kappa shape index (κ1) is 12.7. The summed E-state index contributed by atoms with van der Waals surface area (Å²) in [6.45, 7) is 7.50. The number of carbonyl (C=O) groups excluding carboxylic acids is 1. The van der Waals surface area contributed by atoms with Crippen LogP contribution in [0.4, 0.5) is 4.79 Å². The number of hydrogen-bond acceptors (Lipinski definition) is 3. The van der Waals surface area contributed by atoms with E-state index in [0.717, 1.165) is 32.4 Å². The third-order valence-corrected chi connectivity index (χ3v) is 3.99. The van der Waals surface area contributed by atoms with Gasteiger partial charge in [-0.15, -0.1) is 0 Å². The summed E-state index contributed by atoms with van der Waals surface area (Å²) in [5.74, 6) is 0.475. The number of amides is 1. The molecule has 0 bridgehead atoms. The zero-order chi connectivity index (χ0) is 12.7. The van der Waals surface area contributed by atoms with E-state index in [1.807, 2.05) is 20.8 Å². The molecular formula is C13H23NO3. The van der Waals surface area contributed by atoms with Gasteiger partial charge in [-0.05, 0) is 51.4 Å². The van der Waals surface area contributed by atoms with E-state index in [1.54, 1.807) is 4.90 Å². The van der Waals surface area contributed by atoms with Crippen molar-refractivity contribution >= 4 is 6.09 Å². The van der Waals surface area contributed by atoms with Gasteiger partial charge in [0.05, 0.1) is 0 Å². The first-order valence-corrected chi connectivity index (χ1v) is 6.45. The molecule has 4 nitrogen and oxygen atoms in total. The number of carbonyl (C=O) groups is 1. The summed E-state index contributed by atoms with van der Waals surface area (Å²) in [4.78, 5) is 13.6. The minimum atomic E-state index is -0.417. The lowest BCUT2D eigenvalue weighted by molar-refractivity contribution is 0.0161. The van der Waals surface area contributed by atoms with Crippen LogP contribution < -0.4 is 0 Å². The second-order valence-electron chi connectivity index (χ2n) is 6.41. The van der Waals surface area contributed by atoms with E-state index >= 15 is 0 Å². The van der Waals surface area contributed by atoms with E-state index in [1.165, 1.54) is 0 Å². The summed E-state index contributed by atoms with van der Waals surface area (Å²) in [7, 11) is 0. The molecule has 1 spiro atoms. The predicted octanol–water partition coefficient (Wildman–Crippen LogP) is 2.02. The first-order chi connectivity index (χ1) is 7.86. The molecule has 2 aliphatic rings. The van der Waals surface area contributed by atoms with Gasteiger partial charge in [0.1, 0.15) is 5.60 Å². The van der Waals surface area contributed by atoms with Gasteiger partial charge in [0.25, 0.3) is 0 Å². The van der Waals surface area contributed by atoms with Crippen molar-refractivity contribution < 1.29 is 14.6 Å². The lowest BCUT2D eigenvalue weighted by Crippen LogP contribution is -2.42. The molecule has 1 aliphatic carbocycles. The van der Waals surface area contributed by atoms with Crippen LogP contribution in [0.25, 0.3) is 0 Å². The van der Waals surface area contributed by atoms with Crippen LogP contribution in [-0.4, -0.2) is 41.4 Å². The minimum Gasteiger partial charge on any atom is -0.444 e. The third-order valence-electron chi connectivity index (χ3n) is 3.99. The number of piperidine rings is 1. The Labute approximate surface area is 103 Å². The van der Waals surface area contributed by atoms with Crippen LogP contribution in [0.2, 0.25) is 0 Å². The maximum absolute atomic E-state index is 11.9. The van der Waals surface area contributed by atoms with Crippen LogP contribution in [0, 0.1) is 11.3 Å². The fraction of sp³-hybridized carbons (Fsp3) is 0.923. The Kier molecular flexibility index (Phi) is 3.10. The number of aliphatic hydroxyl groups excluding tert-OH is 1. The van der Waals surface area contributed by atoms with Crippen molar-refractivity contribution in [3.05, 3.63) is 0 Å². The van der Waals surface area contributed by atoms with Crippen LogP contribution in [0.1, 0.15) is 40.0 Å². The van der Waals surface area contributed by atoms with Crippen molar-refractivity contribution in [1.29, 1.82) is 0 Å². The molecule has 2 rings (SSSR count). The van der Waals surface area contributed by atoms with Crippen LogP contribution in [0.3, 0.4) is 0 Å². The molecule has 2 fully saturated rings. The molecule has 1 N–H and O–H groups in total. The van der Waals surface area contributed by atoms with Gasteiger partial charge in [0.2, 0.25) is 0 Å². The Morgan fingerprint density at radius 3 is 2.41 bits per heavy atom. The molecule has 1 heterocycles. The van der Waals surface area contributed by atoms with Crippen molar-refractivity contribution in [3.63, 3.8) is 0 Å². The number of nitrogens with zero attached hydrogens (tertiary/aromatic N) is 1. The Morgan fingerprint density at radius 2 is 2.00 bits per heavy atom. The van der Waals surface area contributed by atoms with Gasteiger partial charge in [-0.2, -0.15) is 0 Å². The van der Waals surface area contributed by atoms with Gasteiger partial charge in [0.15, 0.2) is 0 Å². The van der Waals surface area contributed by atoms with Gasteiger partial charge in [-0.25, -0.2) is 4.79 Å². The maximum Gasteiger partial charge on any atom is 0.410 e. The molecule has 1 aliphatic heterocycles. The van der Waals surface area contributed by atoms with E-state index in [4.69, 9.17) is 9.84 Å². The molecule has 1 saturated carbocycles. The van der Waals surface area contributed by atoms with Crippen LogP contribution >= 0.6 is 0 Å². The minimum absolute atomic E-state index is 0.200. The number of ether oxygens (including phenoxy) is 1. The zero-order valence-corrected chi connectivity index (χ0v) is 11.0. The number of hydrogen-bond donors (Lipinski definition) is 1. The lowest BCUT2D eigenvalue weighted by Gasteiger charge is -2.34. The summed E-state index contributed by atoms with van der Waals surface area (Å²) in [6.07, 6.45) is 2.95. The smallest absolute Gasteiger partial charge is 0.410 e. The van der Waals surface area contributed by atoms with Gasteiger partial charge in [-0.3, -0.25) is 0 Å². The lowest BCUT2D eigenvalue weighted by atomic mass is 9.91. The first-order valence-electron chi connectivity index (χ1n) is 6.45. The highest BCUT2D eigenvalue weighted by molar-refractivity contribution is 5.68. The fourth-order valence-electron chi connectivity index (χ4n) is 2.76. The molecule has 4 heteroatoms. The second-order valence-corrected chi connectivity index (χ2v) is 6.41. The highest BCUT2D eigenvalue weighted by Gasteiger charge is 2.54. The zero-order valence-electron chi connectivity index (χ0n) is 11.0. The van der Waals surface area contributed by atoms with Gasteiger partial charge < -0.3 is 14.7 Å². The summed E-state index contributed by atoms with van der Waals surface area (Å²) in [5.41, 5.74) is -0.0767. The molecule has 0 unspecified atom stereocenters. The molecule has 1 amide bonds. The van der Waals surface area contributed by atoms with Crippen molar-refractivity contribution in [3.8, 4) is 0 Å². The fourth-order valence-corrected chi connectivity index (χ4v) is 2.76. The normalized spacial score (nSPS) is 27.1. The largest absolute Gasteiger partial charge is 0.444 e. The monoisotopic (exact) mass is 241 g/mol. The van der Waals surface area contributed by atoms with Crippen LogP contribution in [0.5, 0.6) is 0 Å². The Morgan fingerprint density at radius 1 is 1.41 bits per heavy atom. The summed E-state index contributed by atoms with van der Waals surface area (Å²) in [5, 5.41) is 9.15. The standard InChI is InChI=1S/C13H23NO3/c1-12(2,3)17-11(16)14-6-4-13(5-7-14)8-10(13)9-15/h10,15H,4-9H2,1-3H3/t10-/m1/s1. The number of rotatable bonds is 1. The summed E-state index contributed by atoms with van der Waals surface area (Å²) >= 11 is 0. The Bertz CT molecular complexity index is 300. The van der Waals surface area contributed by atoms with E-state index < -0.39 is 5.60 Å². The molecule has 0 aromatic carbocycles. The highest BCUT2D eigenvalue weighted by atomic mass is 16.6. The van der Waals surface area contributed by atoms with Crippen molar-refractivity contribution in [1.82, 2.24) is 4.90 Å². The maximum atomic E-state index is 11.9. The topological polar surface area (TPSA) is 49.8 Å². The Hall–Kier alpha value is -0.770. The molecule has 98 valence electrons. The number of likely N-dealkylation sites (tertiary alicyclic amines) is 1. The molecule has 0 aromatic rings. The van der Waals surface area contributed by atoms with Crippen molar-refractivity contribution in [2.75, 3.05) is 19.7 Å². The highest BCUT2D eigenvalue weighted by Crippen LogP contribution is 2.58. The molecule has 0 aromatic heterocycles. The summed E-state index contributed by atoms with van der Waals surface area (Å²) in [6, 6.07) is 0. The SMILES string of the molecule is CC(C)(C)OC(=O)N1CCC2(CC1)C[C@@H]2CO. The number of aliphatic hydroxyl groups is 1. The predicted molar refractivity (Wildman–Crippen MR) is 64.7 cm³/mol. The van der Waals surface area contributed by atoms with Crippen LogP contribution in [0.15, 0.2) is 0 Å².